The number of nitrogens with two attached hydrogens (primary N) is 1. The van der Waals surface area contributed by atoms with Crippen LogP contribution in [0.5, 0.6) is 0 Å². The average molecular weight is 226 g/mol. The second-order valence-electron chi connectivity index (χ2n) is 5.75. The summed E-state index contributed by atoms with van der Waals surface area (Å²) in [6.07, 6.45) is 4.27. The highest BCUT2D eigenvalue weighted by molar-refractivity contribution is 4.89. The first-order chi connectivity index (χ1) is 7.35. The topological polar surface area (TPSA) is 29.3 Å². The van der Waals surface area contributed by atoms with Crippen LogP contribution >= 0.6 is 0 Å². The molecule has 0 amide bonds. The molecule has 0 aromatic rings. The average Bonchev–Trinajstić information content (AvgIpc) is 2.23. The Bertz CT molecular complexity index is 191. The molecule has 0 aromatic heterocycles. The van der Waals surface area contributed by atoms with E-state index in [2.05, 4.69) is 46.1 Å². The Balaban J connectivity index is 4.77. The van der Waals surface area contributed by atoms with Crippen LogP contribution in [0.15, 0.2) is 12.7 Å². The Kier molecular flexibility index (Phi) is 6.27. The third-order valence-electron chi connectivity index (χ3n) is 3.76. The van der Waals surface area contributed by atoms with E-state index in [1.807, 2.05) is 6.08 Å². The fourth-order valence-corrected chi connectivity index (χ4v) is 1.96. The zero-order valence-corrected chi connectivity index (χ0v) is 11.8. The lowest BCUT2D eigenvalue weighted by molar-refractivity contribution is 0.0789. The minimum Gasteiger partial charge on any atom is -0.330 e. The van der Waals surface area contributed by atoms with Gasteiger partial charge in [-0.2, -0.15) is 0 Å². The van der Waals surface area contributed by atoms with Gasteiger partial charge in [0.2, 0.25) is 0 Å². The largest absolute Gasteiger partial charge is 0.330 e. The maximum absolute atomic E-state index is 5.96. The van der Waals surface area contributed by atoms with Gasteiger partial charge in [-0.25, -0.2) is 0 Å². The van der Waals surface area contributed by atoms with Gasteiger partial charge in [0.15, 0.2) is 0 Å². The summed E-state index contributed by atoms with van der Waals surface area (Å²) >= 11 is 0. The van der Waals surface area contributed by atoms with Gasteiger partial charge < -0.3 is 5.73 Å². The molecule has 0 rings (SSSR count). The Hall–Kier alpha value is -0.340. The van der Waals surface area contributed by atoms with Crippen LogP contribution in [0, 0.1) is 5.41 Å². The van der Waals surface area contributed by atoms with Crippen LogP contribution in [0.25, 0.3) is 0 Å². The van der Waals surface area contributed by atoms with Crippen molar-refractivity contribution in [1.29, 1.82) is 0 Å². The second kappa shape index (κ2) is 6.41. The monoisotopic (exact) mass is 226 g/mol. The lowest BCUT2D eigenvalue weighted by atomic mass is 9.81. The lowest BCUT2D eigenvalue weighted by Gasteiger charge is -2.42. The maximum Gasteiger partial charge on any atom is 0.0166 e. The summed E-state index contributed by atoms with van der Waals surface area (Å²) in [6, 6.07) is 0. The van der Waals surface area contributed by atoms with Crippen molar-refractivity contribution < 1.29 is 0 Å². The summed E-state index contributed by atoms with van der Waals surface area (Å²) in [4.78, 5) is 2.47. The molecular weight excluding hydrogens is 196 g/mol. The van der Waals surface area contributed by atoms with E-state index in [1.165, 1.54) is 0 Å². The van der Waals surface area contributed by atoms with Crippen molar-refractivity contribution in [2.45, 2.75) is 53.0 Å². The van der Waals surface area contributed by atoms with E-state index in [-0.39, 0.29) is 11.0 Å². The zero-order chi connectivity index (χ0) is 12.8. The second-order valence-corrected chi connectivity index (χ2v) is 5.75. The van der Waals surface area contributed by atoms with Crippen molar-refractivity contribution in [1.82, 2.24) is 4.90 Å². The molecule has 16 heavy (non-hydrogen) atoms. The Morgan fingerprint density at radius 1 is 1.19 bits per heavy atom. The summed E-state index contributed by atoms with van der Waals surface area (Å²) < 4.78 is 0. The van der Waals surface area contributed by atoms with Crippen molar-refractivity contribution in [3.63, 3.8) is 0 Å². The summed E-state index contributed by atoms with van der Waals surface area (Å²) in [5.41, 5.74) is 6.40. The smallest absolute Gasteiger partial charge is 0.0166 e. The molecule has 0 aliphatic carbocycles. The van der Waals surface area contributed by atoms with Crippen LogP contribution in [0.3, 0.4) is 0 Å². The van der Waals surface area contributed by atoms with Gasteiger partial charge in [-0.1, -0.05) is 19.9 Å². The fraction of sp³-hybridized carbons (Fsp3) is 0.857. The van der Waals surface area contributed by atoms with Crippen LogP contribution in [0.1, 0.15) is 47.5 Å². The molecular formula is C14H30N2. The molecule has 0 bridgehead atoms. The zero-order valence-electron chi connectivity index (χ0n) is 11.8. The molecule has 0 aromatic carbocycles. The van der Waals surface area contributed by atoms with Gasteiger partial charge in [0.05, 0.1) is 0 Å². The molecule has 0 fully saturated rings. The van der Waals surface area contributed by atoms with Gasteiger partial charge in [-0.3, -0.25) is 4.90 Å². The lowest BCUT2D eigenvalue weighted by Crippen LogP contribution is -2.49. The van der Waals surface area contributed by atoms with Crippen molar-refractivity contribution in [2.24, 2.45) is 11.1 Å². The first kappa shape index (κ1) is 15.7. The molecule has 0 aliphatic heterocycles. The third kappa shape index (κ3) is 4.26. The van der Waals surface area contributed by atoms with Crippen molar-refractivity contribution in [3.8, 4) is 0 Å². The molecule has 0 heterocycles. The summed E-state index contributed by atoms with van der Waals surface area (Å²) in [5, 5.41) is 0. The van der Waals surface area contributed by atoms with E-state index in [1.54, 1.807) is 0 Å². The van der Waals surface area contributed by atoms with Crippen molar-refractivity contribution in [3.05, 3.63) is 12.7 Å². The van der Waals surface area contributed by atoms with Crippen LogP contribution in [-0.2, 0) is 0 Å². The molecule has 0 atom stereocenters. The predicted octanol–water partition coefficient (Wildman–Crippen LogP) is 3.04. The molecule has 96 valence electrons. The quantitative estimate of drug-likeness (QED) is 0.676. The van der Waals surface area contributed by atoms with E-state index in [9.17, 15) is 0 Å². The van der Waals surface area contributed by atoms with Crippen LogP contribution in [0.4, 0.5) is 0 Å². The molecule has 0 saturated carbocycles. The van der Waals surface area contributed by atoms with E-state index in [4.69, 9.17) is 5.73 Å². The van der Waals surface area contributed by atoms with E-state index in [0.29, 0.717) is 0 Å². The molecule has 0 saturated heterocycles. The first-order valence-corrected chi connectivity index (χ1v) is 6.41. The molecule has 0 spiro atoms. The van der Waals surface area contributed by atoms with Gasteiger partial charge in [0.25, 0.3) is 0 Å². The minimum absolute atomic E-state index is 0.180. The van der Waals surface area contributed by atoms with Gasteiger partial charge in [0, 0.05) is 18.6 Å². The number of nitrogens with zero attached hydrogens (tertiary/aromatic N) is 1. The van der Waals surface area contributed by atoms with Crippen LogP contribution in [0.2, 0.25) is 0 Å². The molecule has 0 unspecified atom stereocenters. The molecule has 2 N–H and O–H groups in total. The van der Waals surface area contributed by atoms with Gasteiger partial charge in [-0.05, 0) is 45.6 Å². The SMILES string of the molecule is C=CCN(CC(CC)(CC)CN)C(C)(C)C. The first-order valence-electron chi connectivity index (χ1n) is 6.41. The van der Waals surface area contributed by atoms with Crippen LogP contribution < -0.4 is 5.73 Å². The predicted molar refractivity (Wildman–Crippen MR) is 73.6 cm³/mol. The number of rotatable bonds is 7. The Labute approximate surface area is 102 Å². The van der Waals surface area contributed by atoms with E-state index >= 15 is 0 Å². The highest BCUT2D eigenvalue weighted by Crippen LogP contribution is 2.29. The maximum atomic E-state index is 5.96. The van der Waals surface area contributed by atoms with E-state index in [0.717, 1.165) is 32.5 Å². The van der Waals surface area contributed by atoms with Gasteiger partial charge in [0.1, 0.15) is 0 Å². The van der Waals surface area contributed by atoms with Crippen LogP contribution in [-0.4, -0.2) is 30.1 Å². The normalized spacial score (nSPS) is 13.2. The van der Waals surface area contributed by atoms with Crippen molar-refractivity contribution in [2.75, 3.05) is 19.6 Å². The molecule has 0 radical (unpaired) electrons. The molecule has 2 nitrogen and oxygen atoms in total. The van der Waals surface area contributed by atoms with Gasteiger partial charge >= 0.3 is 0 Å². The highest BCUT2D eigenvalue weighted by atomic mass is 15.2. The van der Waals surface area contributed by atoms with Gasteiger partial charge in [-0.15, -0.1) is 6.58 Å². The number of hydrogen-bond donors (Lipinski definition) is 1. The summed E-state index contributed by atoms with van der Waals surface area (Å²) in [6.45, 7) is 17.9. The van der Waals surface area contributed by atoms with Crippen molar-refractivity contribution >= 4 is 0 Å². The summed E-state index contributed by atoms with van der Waals surface area (Å²) in [7, 11) is 0. The highest BCUT2D eigenvalue weighted by Gasteiger charge is 2.31. The fourth-order valence-electron chi connectivity index (χ4n) is 1.96. The Morgan fingerprint density at radius 2 is 1.69 bits per heavy atom. The summed E-state index contributed by atoms with van der Waals surface area (Å²) in [5.74, 6) is 0. The minimum atomic E-state index is 0.180. The third-order valence-corrected chi connectivity index (χ3v) is 3.76. The Morgan fingerprint density at radius 3 is 1.94 bits per heavy atom. The number of hydrogen-bond acceptors (Lipinski definition) is 2. The molecule has 0 aliphatic rings. The van der Waals surface area contributed by atoms with E-state index < -0.39 is 0 Å². The standard InChI is InChI=1S/C14H30N2/c1-7-10-16(13(4,5)6)12-14(8-2,9-3)11-15/h7H,1,8-12,15H2,2-6H3. The molecule has 2 heteroatoms.